The third-order valence-corrected chi connectivity index (χ3v) is 3.16. The predicted molar refractivity (Wildman–Crippen MR) is 72.7 cm³/mol. The third-order valence-electron chi connectivity index (χ3n) is 2.84. The van der Waals surface area contributed by atoms with Crippen molar-refractivity contribution in [1.29, 1.82) is 0 Å². The molecule has 3 N–H and O–H groups in total. The van der Waals surface area contributed by atoms with Gasteiger partial charge in [-0.05, 0) is 11.5 Å². The number of hydrogen-bond donors (Lipinski definition) is 2. The molecule has 0 aromatic heterocycles. The fourth-order valence-electron chi connectivity index (χ4n) is 2.05. The summed E-state index contributed by atoms with van der Waals surface area (Å²) in [4.78, 5) is 0. The highest BCUT2D eigenvalue weighted by atomic mass is 35.5. The fourth-order valence-corrected chi connectivity index (χ4v) is 2.39. The van der Waals surface area contributed by atoms with Crippen molar-refractivity contribution in [3.05, 3.63) is 22.2 Å². The van der Waals surface area contributed by atoms with Crippen LogP contribution in [0.5, 0.6) is 11.5 Å². The number of benzene rings is 1. The Morgan fingerprint density at radius 1 is 1.28 bits per heavy atom. The molecule has 1 unspecified atom stereocenters. The molecule has 0 spiro atoms. The monoisotopic (exact) mass is 273 g/mol. The van der Waals surface area contributed by atoms with Gasteiger partial charge in [0.05, 0.1) is 26.9 Å². The van der Waals surface area contributed by atoms with Gasteiger partial charge in [0.2, 0.25) is 0 Å². The minimum atomic E-state index is -0.533. The highest BCUT2D eigenvalue weighted by Crippen LogP contribution is 2.43. The van der Waals surface area contributed by atoms with Gasteiger partial charge in [0.25, 0.3) is 0 Å². The standard InChI is InChI=1S/C13H20ClNO3/c1-7(2)11-12(9(15)6-16)8(14)5-10(17-3)13(11)18-4/h5,7,9,16H,6,15H2,1-4H3. The molecule has 18 heavy (non-hydrogen) atoms. The number of rotatable bonds is 5. The summed E-state index contributed by atoms with van der Waals surface area (Å²) in [6, 6.07) is 1.13. The lowest BCUT2D eigenvalue weighted by atomic mass is 9.91. The molecule has 102 valence electrons. The van der Waals surface area contributed by atoms with Gasteiger partial charge in [-0.2, -0.15) is 0 Å². The molecule has 0 radical (unpaired) electrons. The molecule has 1 aromatic carbocycles. The maximum atomic E-state index is 9.25. The van der Waals surface area contributed by atoms with E-state index in [2.05, 4.69) is 0 Å². The largest absolute Gasteiger partial charge is 0.493 e. The van der Waals surface area contributed by atoms with Crippen LogP contribution in [0.2, 0.25) is 5.02 Å². The Bertz CT molecular complexity index is 421. The summed E-state index contributed by atoms with van der Waals surface area (Å²) >= 11 is 6.23. The average molecular weight is 274 g/mol. The van der Waals surface area contributed by atoms with E-state index < -0.39 is 6.04 Å². The van der Waals surface area contributed by atoms with Gasteiger partial charge in [-0.3, -0.25) is 0 Å². The van der Waals surface area contributed by atoms with Crippen LogP contribution in [0.4, 0.5) is 0 Å². The lowest BCUT2D eigenvalue weighted by Gasteiger charge is -2.23. The summed E-state index contributed by atoms with van der Waals surface area (Å²) in [5, 5.41) is 9.74. The second kappa shape index (κ2) is 6.27. The maximum absolute atomic E-state index is 9.25. The van der Waals surface area contributed by atoms with E-state index >= 15 is 0 Å². The first-order valence-corrected chi connectivity index (χ1v) is 6.16. The van der Waals surface area contributed by atoms with Crippen LogP contribution < -0.4 is 15.2 Å². The van der Waals surface area contributed by atoms with Crippen molar-refractivity contribution in [2.75, 3.05) is 20.8 Å². The number of hydrogen-bond acceptors (Lipinski definition) is 4. The van der Waals surface area contributed by atoms with Gasteiger partial charge in [-0.15, -0.1) is 0 Å². The van der Waals surface area contributed by atoms with E-state index in [1.165, 1.54) is 0 Å². The van der Waals surface area contributed by atoms with E-state index in [-0.39, 0.29) is 12.5 Å². The Morgan fingerprint density at radius 3 is 2.28 bits per heavy atom. The molecule has 0 saturated carbocycles. The smallest absolute Gasteiger partial charge is 0.164 e. The van der Waals surface area contributed by atoms with Crippen LogP contribution >= 0.6 is 11.6 Å². The number of nitrogens with two attached hydrogens (primary N) is 1. The number of aliphatic hydroxyl groups is 1. The maximum Gasteiger partial charge on any atom is 0.164 e. The number of halogens is 1. The molecule has 0 bridgehead atoms. The number of methoxy groups -OCH3 is 2. The first-order chi connectivity index (χ1) is 8.47. The zero-order valence-electron chi connectivity index (χ0n) is 11.2. The zero-order valence-corrected chi connectivity index (χ0v) is 11.9. The van der Waals surface area contributed by atoms with Crippen molar-refractivity contribution in [3.63, 3.8) is 0 Å². The van der Waals surface area contributed by atoms with Crippen molar-refractivity contribution in [2.24, 2.45) is 5.73 Å². The predicted octanol–water partition coefficient (Wildman–Crippen LogP) is 2.47. The van der Waals surface area contributed by atoms with Crippen LogP contribution in [-0.2, 0) is 0 Å². The first kappa shape index (κ1) is 15.1. The summed E-state index contributed by atoms with van der Waals surface area (Å²) in [5.74, 6) is 1.34. The molecule has 1 aromatic rings. The molecule has 5 heteroatoms. The second-order valence-electron chi connectivity index (χ2n) is 4.37. The number of aliphatic hydroxyl groups excluding tert-OH is 1. The molecular weight excluding hydrogens is 254 g/mol. The Labute approximate surface area is 113 Å². The van der Waals surface area contributed by atoms with Crippen LogP contribution in [0.1, 0.15) is 36.9 Å². The van der Waals surface area contributed by atoms with Gasteiger partial charge in [-0.25, -0.2) is 0 Å². The van der Waals surface area contributed by atoms with Gasteiger partial charge in [0, 0.05) is 16.7 Å². The summed E-state index contributed by atoms with van der Waals surface area (Å²) in [5.41, 5.74) is 7.51. The Balaban J connectivity index is 3.59. The van der Waals surface area contributed by atoms with Crippen LogP contribution in [0.25, 0.3) is 0 Å². The van der Waals surface area contributed by atoms with E-state index in [0.717, 1.165) is 5.56 Å². The molecule has 0 fully saturated rings. The van der Waals surface area contributed by atoms with Gasteiger partial charge in [0.1, 0.15) is 0 Å². The van der Waals surface area contributed by atoms with Crippen molar-refractivity contribution >= 4 is 11.6 Å². The van der Waals surface area contributed by atoms with E-state index in [4.69, 9.17) is 26.8 Å². The highest BCUT2D eigenvalue weighted by molar-refractivity contribution is 6.31. The molecule has 0 aliphatic rings. The minimum Gasteiger partial charge on any atom is -0.493 e. The van der Waals surface area contributed by atoms with E-state index in [1.54, 1.807) is 20.3 Å². The Kier molecular flexibility index (Phi) is 5.26. The van der Waals surface area contributed by atoms with Crippen molar-refractivity contribution in [2.45, 2.75) is 25.8 Å². The number of ether oxygens (including phenoxy) is 2. The summed E-state index contributed by atoms with van der Waals surface area (Å²) in [7, 11) is 3.13. The normalized spacial score (nSPS) is 12.7. The van der Waals surface area contributed by atoms with E-state index in [9.17, 15) is 5.11 Å². The average Bonchev–Trinajstić information content (AvgIpc) is 2.36. The molecule has 1 atom stereocenters. The lowest BCUT2D eigenvalue weighted by Crippen LogP contribution is -2.18. The van der Waals surface area contributed by atoms with Crippen LogP contribution in [-0.4, -0.2) is 25.9 Å². The quantitative estimate of drug-likeness (QED) is 0.865. The van der Waals surface area contributed by atoms with E-state index in [0.29, 0.717) is 22.1 Å². The Hall–Kier alpha value is -0.970. The van der Waals surface area contributed by atoms with Crippen molar-refractivity contribution in [3.8, 4) is 11.5 Å². The van der Waals surface area contributed by atoms with Gasteiger partial charge < -0.3 is 20.3 Å². The van der Waals surface area contributed by atoms with Crippen LogP contribution in [0.15, 0.2) is 6.07 Å². The minimum absolute atomic E-state index is 0.153. The molecule has 4 nitrogen and oxygen atoms in total. The highest BCUT2D eigenvalue weighted by Gasteiger charge is 2.24. The second-order valence-corrected chi connectivity index (χ2v) is 4.77. The first-order valence-electron chi connectivity index (χ1n) is 5.78. The fraction of sp³-hybridized carbons (Fsp3) is 0.538. The summed E-state index contributed by atoms with van der Waals surface area (Å²) < 4.78 is 10.7. The van der Waals surface area contributed by atoms with Gasteiger partial charge in [-0.1, -0.05) is 25.4 Å². The SMILES string of the molecule is COc1cc(Cl)c(C(N)CO)c(C(C)C)c1OC. The molecule has 0 heterocycles. The molecule has 0 aliphatic carbocycles. The summed E-state index contributed by atoms with van der Waals surface area (Å²) in [6.07, 6.45) is 0. The topological polar surface area (TPSA) is 64.7 Å². The molecular formula is C13H20ClNO3. The Morgan fingerprint density at radius 2 is 1.89 bits per heavy atom. The van der Waals surface area contributed by atoms with Crippen molar-refractivity contribution in [1.82, 2.24) is 0 Å². The molecule has 0 amide bonds. The van der Waals surface area contributed by atoms with E-state index in [1.807, 2.05) is 13.8 Å². The summed E-state index contributed by atoms with van der Waals surface area (Å²) in [6.45, 7) is 3.86. The molecule has 1 rings (SSSR count). The van der Waals surface area contributed by atoms with Gasteiger partial charge in [0.15, 0.2) is 11.5 Å². The lowest BCUT2D eigenvalue weighted by molar-refractivity contribution is 0.266. The van der Waals surface area contributed by atoms with Crippen molar-refractivity contribution < 1.29 is 14.6 Å². The van der Waals surface area contributed by atoms with Crippen LogP contribution in [0, 0.1) is 0 Å². The molecule has 0 aliphatic heterocycles. The third kappa shape index (κ3) is 2.71. The zero-order chi connectivity index (χ0) is 13.9. The molecule has 0 saturated heterocycles. The van der Waals surface area contributed by atoms with Crippen LogP contribution in [0.3, 0.4) is 0 Å². The van der Waals surface area contributed by atoms with Gasteiger partial charge >= 0.3 is 0 Å².